The molecule has 1 nitrogen and oxygen atoms in total. The third-order valence-electron chi connectivity index (χ3n) is 14.0. The molecule has 0 aliphatic rings. The van der Waals surface area contributed by atoms with Crippen LogP contribution in [0.3, 0.4) is 0 Å². The van der Waals surface area contributed by atoms with Gasteiger partial charge in [0, 0.05) is 17.1 Å². The van der Waals surface area contributed by atoms with Gasteiger partial charge in [-0.2, -0.15) is 0 Å². The van der Waals surface area contributed by atoms with E-state index in [0.717, 1.165) is 22.6 Å². The fraction of sp³-hybridized carbons (Fsp3) is 0. The number of hydrogen-bond donors (Lipinski definition) is 0. The highest BCUT2D eigenvalue weighted by Crippen LogP contribution is 2.46. The van der Waals surface area contributed by atoms with Gasteiger partial charge in [0.2, 0.25) is 0 Å². The van der Waals surface area contributed by atoms with Gasteiger partial charge in [-0.25, -0.2) is 0 Å². The summed E-state index contributed by atoms with van der Waals surface area (Å²) in [7, 11) is 0. The van der Waals surface area contributed by atoms with Crippen LogP contribution in [-0.4, -0.2) is 0 Å². The minimum atomic E-state index is 1.09. The third-order valence-corrected chi connectivity index (χ3v) is 14.0. The molecule has 0 bridgehead atoms. The van der Waals surface area contributed by atoms with Gasteiger partial charge in [0.15, 0.2) is 0 Å². The zero-order chi connectivity index (χ0) is 45.7. The van der Waals surface area contributed by atoms with Crippen molar-refractivity contribution in [3.8, 4) is 55.6 Å². The summed E-state index contributed by atoms with van der Waals surface area (Å²) in [5, 5.41) is 12.6. The zero-order valence-corrected chi connectivity index (χ0v) is 37.9. The van der Waals surface area contributed by atoms with Gasteiger partial charge in [0.25, 0.3) is 0 Å². The summed E-state index contributed by atoms with van der Waals surface area (Å²) >= 11 is 0. The summed E-state index contributed by atoms with van der Waals surface area (Å²) in [6.45, 7) is 0. The second-order valence-electron chi connectivity index (χ2n) is 18.1. The molecular formula is C68H45N. The van der Waals surface area contributed by atoms with E-state index in [4.69, 9.17) is 0 Å². The molecule has 0 aromatic heterocycles. The second-order valence-corrected chi connectivity index (χ2v) is 18.1. The summed E-state index contributed by atoms with van der Waals surface area (Å²) in [6, 6.07) is 100. The van der Waals surface area contributed by atoms with Crippen LogP contribution in [0.25, 0.3) is 109 Å². The molecule has 69 heavy (non-hydrogen) atoms. The average molecular weight is 876 g/mol. The molecule has 0 aliphatic heterocycles. The van der Waals surface area contributed by atoms with E-state index in [2.05, 4.69) is 278 Å². The van der Waals surface area contributed by atoms with Crippen LogP contribution in [0.5, 0.6) is 0 Å². The molecule has 13 rings (SSSR count). The highest BCUT2D eigenvalue weighted by Gasteiger charge is 2.20. The number of nitrogens with zero attached hydrogens (tertiary/aromatic N) is 1. The Kier molecular flexibility index (Phi) is 9.91. The Hall–Kier alpha value is -9.04. The molecule has 0 aliphatic carbocycles. The molecule has 0 heterocycles. The largest absolute Gasteiger partial charge is 0.310 e. The van der Waals surface area contributed by atoms with Crippen LogP contribution in [0.1, 0.15) is 0 Å². The average Bonchev–Trinajstić information content (AvgIpc) is 3.43. The van der Waals surface area contributed by atoms with Gasteiger partial charge in [0.1, 0.15) is 0 Å². The van der Waals surface area contributed by atoms with Crippen molar-refractivity contribution in [3.05, 3.63) is 273 Å². The highest BCUT2D eigenvalue weighted by atomic mass is 15.1. The Bertz CT molecular complexity index is 4040. The number of rotatable bonds is 8. The molecule has 13 aromatic rings. The van der Waals surface area contributed by atoms with Crippen molar-refractivity contribution < 1.29 is 0 Å². The van der Waals surface area contributed by atoms with E-state index in [0.29, 0.717) is 0 Å². The molecule has 0 fully saturated rings. The standard InChI is InChI=1S/C68H45N/c1-3-16-50(17-4-1)67-65-25-12-11-24-63(65)64-41-35-56(45-66(64)68(67)51-18-5-2-6-19-51)53-21-13-22-60(44-53)69(58-36-30-47(31-37-58)54-28-26-46-14-7-8-20-52(46)42-54)59-38-32-48(33-39-59)55-34-40-62-57(43-55)29-27-49-15-9-10-23-61(49)62/h1-45H. The first-order valence-electron chi connectivity index (χ1n) is 23.8. The first-order valence-corrected chi connectivity index (χ1v) is 23.8. The van der Waals surface area contributed by atoms with Gasteiger partial charge in [-0.3, -0.25) is 0 Å². The SMILES string of the molecule is c1ccc(-c2c(-c3ccccc3)c3cc(-c4cccc(N(c5ccc(-c6ccc7ccccc7c6)cc5)c5ccc(-c6ccc7c(ccc8ccccc87)c6)cc5)c4)ccc3c3ccccc23)cc1. The van der Waals surface area contributed by atoms with E-state index in [1.54, 1.807) is 0 Å². The fourth-order valence-corrected chi connectivity index (χ4v) is 10.6. The number of fused-ring (bicyclic) bond motifs is 7. The Morgan fingerprint density at radius 3 is 1.28 bits per heavy atom. The molecule has 0 radical (unpaired) electrons. The monoisotopic (exact) mass is 875 g/mol. The van der Waals surface area contributed by atoms with Crippen LogP contribution < -0.4 is 4.90 Å². The Balaban J connectivity index is 0.940. The minimum Gasteiger partial charge on any atom is -0.310 e. The normalized spacial score (nSPS) is 11.5. The molecule has 0 N–H and O–H groups in total. The molecule has 13 aromatic carbocycles. The first kappa shape index (κ1) is 40.3. The van der Waals surface area contributed by atoms with Crippen molar-refractivity contribution in [1.29, 1.82) is 0 Å². The lowest BCUT2D eigenvalue weighted by Gasteiger charge is -2.26. The van der Waals surface area contributed by atoms with Gasteiger partial charge in [0.05, 0.1) is 0 Å². The zero-order valence-electron chi connectivity index (χ0n) is 37.9. The molecule has 0 atom stereocenters. The predicted molar refractivity (Wildman–Crippen MR) is 296 cm³/mol. The Morgan fingerprint density at radius 1 is 0.174 bits per heavy atom. The van der Waals surface area contributed by atoms with Gasteiger partial charge < -0.3 is 4.90 Å². The van der Waals surface area contributed by atoms with E-state index in [1.807, 2.05) is 0 Å². The van der Waals surface area contributed by atoms with E-state index in [9.17, 15) is 0 Å². The lowest BCUT2D eigenvalue weighted by molar-refractivity contribution is 1.28. The first-order chi connectivity index (χ1) is 34.2. The fourth-order valence-electron chi connectivity index (χ4n) is 10.6. The van der Waals surface area contributed by atoms with Crippen molar-refractivity contribution in [2.45, 2.75) is 0 Å². The third kappa shape index (κ3) is 7.29. The molecule has 1 heteroatoms. The Morgan fingerprint density at radius 2 is 0.594 bits per heavy atom. The van der Waals surface area contributed by atoms with Crippen LogP contribution in [0.4, 0.5) is 17.1 Å². The van der Waals surface area contributed by atoms with Gasteiger partial charge >= 0.3 is 0 Å². The molecule has 0 spiro atoms. The van der Waals surface area contributed by atoms with Crippen LogP contribution in [0.15, 0.2) is 273 Å². The molecular weight excluding hydrogens is 831 g/mol. The van der Waals surface area contributed by atoms with Crippen molar-refractivity contribution in [3.63, 3.8) is 0 Å². The molecule has 0 saturated carbocycles. The minimum absolute atomic E-state index is 1.09. The van der Waals surface area contributed by atoms with E-state index >= 15 is 0 Å². The van der Waals surface area contributed by atoms with Crippen molar-refractivity contribution >= 4 is 70.9 Å². The quantitative estimate of drug-likeness (QED) is 0.138. The summed E-state index contributed by atoms with van der Waals surface area (Å²) < 4.78 is 0. The van der Waals surface area contributed by atoms with Crippen LogP contribution in [-0.2, 0) is 0 Å². The van der Waals surface area contributed by atoms with Crippen molar-refractivity contribution in [1.82, 2.24) is 0 Å². The lowest BCUT2D eigenvalue weighted by Crippen LogP contribution is -2.10. The predicted octanol–water partition coefficient (Wildman–Crippen LogP) is 19.3. The van der Waals surface area contributed by atoms with Crippen molar-refractivity contribution in [2.75, 3.05) is 4.90 Å². The van der Waals surface area contributed by atoms with Crippen LogP contribution in [0.2, 0.25) is 0 Å². The Labute approximate surface area is 402 Å². The van der Waals surface area contributed by atoms with E-state index < -0.39 is 0 Å². The maximum Gasteiger partial charge on any atom is 0.0467 e. The lowest BCUT2D eigenvalue weighted by atomic mass is 9.84. The smallest absolute Gasteiger partial charge is 0.0467 e. The second kappa shape index (κ2) is 17.0. The summed E-state index contributed by atoms with van der Waals surface area (Å²) in [5.41, 5.74) is 15.3. The van der Waals surface area contributed by atoms with Crippen LogP contribution >= 0.6 is 0 Å². The highest BCUT2D eigenvalue weighted by molar-refractivity contribution is 6.22. The van der Waals surface area contributed by atoms with Gasteiger partial charge in [-0.05, 0) is 164 Å². The topological polar surface area (TPSA) is 3.24 Å². The number of benzene rings is 13. The maximum atomic E-state index is 2.42. The molecule has 0 amide bonds. The summed E-state index contributed by atoms with van der Waals surface area (Å²) in [6.07, 6.45) is 0. The molecule has 322 valence electrons. The number of anilines is 3. The van der Waals surface area contributed by atoms with Gasteiger partial charge in [-0.15, -0.1) is 0 Å². The number of hydrogen-bond acceptors (Lipinski definition) is 1. The summed E-state index contributed by atoms with van der Waals surface area (Å²) in [4.78, 5) is 2.39. The van der Waals surface area contributed by atoms with Crippen LogP contribution in [0, 0.1) is 0 Å². The van der Waals surface area contributed by atoms with Crippen molar-refractivity contribution in [2.24, 2.45) is 0 Å². The van der Waals surface area contributed by atoms with E-state index in [-0.39, 0.29) is 0 Å². The molecule has 0 unspecified atom stereocenters. The maximum absolute atomic E-state index is 2.42. The molecule has 0 saturated heterocycles. The van der Waals surface area contributed by atoms with E-state index in [1.165, 1.54) is 104 Å². The van der Waals surface area contributed by atoms with Gasteiger partial charge in [-0.1, -0.05) is 218 Å². The summed E-state index contributed by atoms with van der Waals surface area (Å²) in [5.74, 6) is 0.